The van der Waals surface area contributed by atoms with Gasteiger partial charge in [0, 0.05) is 40.3 Å². The number of aromatic hydroxyl groups is 1. The van der Waals surface area contributed by atoms with Crippen molar-refractivity contribution in [1.29, 1.82) is 0 Å². The lowest BCUT2D eigenvalue weighted by Crippen LogP contribution is -2.23. The van der Waals surface area contributed by atoms with Crippen LogP contribution in [-0.4, -0.2) is 21.0 Å². The minimum Gasteiger partial charge on any atom is -0.506 e. The van der Waals surface area contributed by atoms with Crippen LogP contribution in [-0.2, 0) is 6.54 Å². The lowest BCUT2D eigenvalue weighted by molar-refractivity contribution is 0.0948. The van der Waals surface area contributed by atoms with E-state index < -0.39 is 11.7 Å². The molecule has 5 nitrogen and oxygen atoms in total. The molecule has 0 fully saturated rings. The van der Waals surface area contributed by atoms with Crippen molar-refractivity contribution in [2.45, 2.75) is 6.54 Å². The van der Waals surface area contributed by atoms with E-state index in [-0.39, 0.29) is 28.8 Å². The standard InChI is InChI=1S/C20H13ClFN3O2S/c21-13-3-1-11(2-4-13)9-25-19(27)15-10-24-17-14(18(15)26)7-12(8-16(17)22)20-23-5-6-28-20/h1-8,10H,9H2,(H,24,26)(H,25,27). The third-order valence-electron chi connectivity index (χ3n) is 4.19. The number of aromatic nitrogens is 2. The average Bonchev–Trinajstić information content (AvgIpc) is 3.23. The zero-order valence-electron chi connectivity index (χ0n) is 14.3. The molecule has 4 aromatic rings. The monoisotopic (exact) mass is 413 g/mol. The van der Waals surface area contributed by atoms with E-state index in [4.69, 9.17) is 11.6 Å². The Labute approximate surface area is 168 Å². The second-order valence-corrected chi connectivity index (χ2v) is 7.35. The van der Waals surface area contributed by atoms with Crippen LogP contribution in [0.5, 0.6) is 5.75 Å². The summed E-state index contributed by atoms with van der Waals surface area (Å²) in [5.41, 5.74) is 1.32. The minimum absolute atomic E-state index is 0.00735. The van der Waals surface area contributed by atoms with Crippen molar-refractivity contribution in [1.82, 2.24) is 15.3 Å². The second-order valence-electron chi connectivity index (χ2n) is 6.02. The number of nitrogens with zero attached hydrogens (tertiary/aromatic N) is 2. The number of nitrogens with one attached hydrogen (secondary N) is 1. The van der Waals surface area contributed by atoms with Gasteiger partial charge in [-0.1, -0.05) is 23.7 Å². The van der Waals surface area contributed by atoms with Crippen LogP contribution < -0.4 is 5.32 Å². The normalized spacial score (nSPS) is 10.9. The van der Waals surface area contributed by atoms with Crippen LogP contribution in [0, 0.1) is 5.82 Å². The largest absolute Gasteiger partial charge is 0.506 e. The fourth-order valence-corrected chi connectivity index (χ4v) is 3.53. The number of carbonyl (C=O) groups is 1. The van der Waals surface area contributed by atoms with E-state index in [2.05, 4.69) is 15.3 Å². The molecule has 0 saturated heterocycles. The zero-order chi connectivity index (χ0) is 19.7. The second kappa shape index (κ2) is 7.53. The van der Waals surface area contributed by atoms with Gasteiger partial charge in [-0.05, 0) is 29.8 Å². The van der Waals surface area contributed by atoms with E-state index in [0.29, 0.717) is 15.6 Å². The smallest absolute Gasteiger partial charge is 0.256 e. The van der Waals surface area contributed by atoms with Crippen LogP contribution in [0.2, 0.25) is 5.02 Å². The molecule has 140 valence electrons. The van der Waals surface area contributed by atoms with Crippen molar-refractivity contribution in [2.75, 3.05) is 0 Å². The summed E-state index contributed by atoms with van der Waals surface area (Å²) in [6, 6.07) is 9.92. The number of fused-ring (bicyclic) bond motifs is 1. The van der Waals surface area contributed by atoms with Gasteiger partial charge >= 0.3 is 0 Å². The van der Waals surface area contributed by atoms with Gasteiger partial charge in [0.25, 0.3) is 5.91 Å². The molecule has 2 aromatic carbocycles. The van der Waals surface area contributed by atoms with Crippen molar-refractivity contribution in [3.05, 3.63) is 76.1 Å². The van der Waals surface area contributed by atoms with E-state index in [0.717, 1.165) is 5.56 Å². The molecule has 0 atom stereocenters. The fourth-order valence-electron chi connectivity index (χ4n) is 2.78. The average molecular weight is 414 g/mol. The van der Waals surface area contributed by atoms with Crippen molar-refractivity contribution in [3.63, 3.8) is 0 Å². The molecule has 0 spiro atoms. The van der Waals surface area contributed by atoms with Crippen molar-refractivity contribution < 1.29 is 14.3 Å². The number of halogens is 2. The summed E-state index contributed by atoms with van der Waals surface area (Å²) in [6.07, 6.45) is 2.78. The Morgan fingerprint density at radius 3 is 2.71 bits per heavy atom. The van der Waals surface area contributed by atoms with Gasteiger partial charge in [-0.15, -0.1) is 11.3 Å². The Morgan fingerprint density at radius 2 is 2.00 bits per heavy atom. The number of rotatable bonds is 4. The van der Waals surface area contributed by atoms with Crippen LogP contribution >= 0.6 is 22.9 Å². The van der Waals surface area contributed by atoms with E-state index in [9.17, 15) is 14.3 Å². The molecule has 0 aliphatic heterocycles. The number of benzene rings is 2. The maximum absolute atomic E-state index is 14.4. The third-order valence-corrected chi connectivity index (χ3v) is 5.26. The Morgan fingerprint density at radius 1 is 1.21 bits per heavy atom. The number of amides is 1. The summed E-state index contributed by atoms with van der Waals surface area (Å²) in [4.78, 5) is 20.7. The van der Waals surface area contributed by atoms with Gasteiger partial charge in [0.1, 0.15) is 27.7 Å². The Bertz CT molecular complexity index is 1160. The third kappa shape index (κ3) is 3.54. The molecule has 0 aliphatic carbocycles. The molecule has 0 bridgehead atoms. The Hall–Kier alpha value is -3.03. The Balaban J connectivity index is 1.66. The van der Waals surface area contributed by atoms with Gasteiger partial charge in [0.05, 0.1) is 0 Å². The summed E-state index contributed by atoms with van der Waals surface area (Å²) >= 11 is 7.19. The number of hydrogen-bond donors (Lipinski definition) is 2. The number of hydrogen-bond acceptors (Lipinski definition) is 5. The number of pyridine rings is 1. The maximum atomic E-state index is 14.4. The lowest BCUT2D eigenvalue weighted by Gasteiger charge is -2.10. The SMILES string of the molecule is O=C(NCc1ccc(Cl)cc1)c1cnc2c(F)cc(-c3nccs3)cc2c1O. The maximum Gasteiger partial charge on any atom is 0.256 e. The first kappa shape index (κ1) is 18.3. The number of thiazole rings is 1. The highest BCUT2D eigenvalue weighted by atomic mass is 35.5. The summed E-state index contributed by atoms with van der Waals surface area (Å²) in [6.45, 7) is 0.251. The van der Waals surface area contributed by atoms with Gasteiger partial charge in [-0.2, -0.15) is 0 Å². The quantitative estimate of drug-likeness (QED) is 0.504. The van der Waals surface area contributed by atoms with E-state index in [1.54, 1.807) is 41.9 Å². The molecule has 4 rings (SSSR count). The molecular formula is C20H13ClFN3O2S. The molecule has 1 amide bonds. The molecule has 8 heteroatoms. The van der Waals surface area contributed by atoms with Crippen LogP contribution in [0.1, 0.15) is 15.9 Å². The molecular weight excluding hydrogens is 401 g/mol. The van der Waals surface area contributed by atoms with Gasteiger partial charge in [0.2, 0.25) is 0 Å². The molecule has 0 saturated carbocycles. The molecule has 2 N–H and O–H groups in total. The highest BCUT2D eigenvalue weighted by molar-refractivity contribution is 7.13. The van der Waals surface area contributed by atoms with Crippen molar-refractivity contribution in [3.8, 4) is 16.3 Å². The molecule has 0 aliphatic rings. The fraction of sp³-hybridized carbons (Fsp3) is 0.0500. The van der Waals surface area contributed by atoms with Crippen molar-refractivity contribution >= 4 is 39.7 Å². The highest BCUT2D eigenvalue weighted by Gasteiger charge is 2.18. The number of carbonyl (C=O) groups excluding carboxylic acids is 1. The summed E-state index contributed by atoms with van der Waals surface area (Å²) in [5.74, 6) is -1.43. The van der Waals surface area contributed by atoms with Crippen LogP contribution in [0.4, 0.5) is 4.39 Å². The summed E-state index contributed by atoms with van der Waals surface area (Å²) < 4.78 is 14.4. The summed E-state index contributed by atoms with van der Waals surface area (Å²) in [5, 5.41) is 16.5. The van der Waals surface area contributed by atoms with Gasteiger partial charge < -0.3 is 10.4 Å². The molecule has 2 heterocycles. The van der Waals surface area contributed by atoms with Crippen LogP contribution in [0.3, 0.4) is 0 Å². The molecule has 0 radical (unpaired) electrons. The van der Waals surface area contributed by atoms with E-state index in [1.807, 2.05) is 0 Å². The predicted octanol–water partition coefficient (Wildman–Crippen LogP) is 4.79. The predicted molar refractivity (Wildman–Crippen MR) is 107 cm³/mol. The van der Waals surface area contributed by atoms with Crippen LogP contribution in [0.25, 0.3) is 21.5 Å². The topological polar surface area (TPSA) is 75.1 Å². The molecule has 28 heavy (non-hydrogen) atoms. The highest BCUT2D eigenvalue weighted by Crippen LogP contribution is 2.33. The summed E-state index contributed by atoms with van der Waals surface area (Å²) in [7, 11) is 0. The first-order valence-electron chi connectivity index (χ1n) is 8.26. The lowest BCUT2D eigenvalue weighted by atomic mass is 10.1. The molecule has 0 unspecified atom stereocenters. The first-order chi connectivity index (χ1) is 13.5. The minimum atomic E-state index is -0.592. The van der Waals surface area contributed by atoms with Gasteiger partial charge in [-0.25, -0.2) is 9.37 Å². The van der Waals surface area contributed by atoms with E-state index in [1.165, 1.54) is 23.6 Å². The first-order valence-corrected chi connectivity index (χ1v) is 9.52. The Kier molecular flexibility index (Phi) is 4.93. The zero-order valence-corrected chi connectivity index (χ0v) is 15.9. The van der Waals surface area contributed by atoms with Gasteiger partial charge in [0.15, 0.2) is 0 Å². The van der Waals surface area contributed by atoms with Gasteiger partial charge in [-0.3, -0.25) is 9.78 Å². The molecule has 2 aromatic heterocycles. The van der Waals surface area contributed by atoms with Crippen molar-refractivity contribution in [2.24, 2.45) is 0 Å². The van der Waals surface area contributed by atoms with E-state index >= 15 is 0 Å². The van der Waals surface area contributed by atoms with Crippen LogP contribution in [0.15, 0.2) is 54.2 Å².